The summed E-state index contributed by atoms with van der Waals surface area (Å²) < 4.78 is 24.6. The number of ether oxygens (including phenoxy) is 2. The average Bonchev–Trinajstić information content (AvgIpc) is 2.58. The molecule has 0 aliphatic rings. The summed E-state index contributed by atoms with van der Waals surface area (Å²) in [5.74, 6) is 3.33. The second-order valence-electron chi connectivity index (χ2n) is 8.19. The average molecular weight is 403 g/mol. The lowest BCUT2D eigenvalue weighted by Crippen LogP contribution is -2.43. The van der Waals surface area contributed by atoms with Crippen molar-refractivity contribution in [3.63, 3.8) is 0 Å². The molecule has 0 spiro atoms. The Hall–Kier alpha value is -2.03. The molecule has 2 aromatic carbocycles. The van der Waals surface area contributed by atoms with Crippen molar-refractivity contribution in [1.29, 1.82) is 0 Å². The van der Waals surface area contributed by atoms with E-state index in [1.165, 1.54) is 25.3 Å². The van der Waals surface area contributed by atoms with Crippen LogP contribution < -0.4 is 4.74 Å². The SMILES string of the molecule is COCOc1cc(O)c2c(C#C[Si](C(C)C)(C(C)C)C(C)C)cc(F)cc2c1. The third-order valence-electron chi connectivity index (χ3n) is 5.59. The molecule has 0 radical (unpaired) electrons. The second-order valence-corrected chi connectivity index (χ2v) is 13.8. The van der Waals surface area contributed by atoms with Crippen LogP contribution in [0.4, 0.5) is 4.39 Å². The molecule has 152 valence electrons. The first-order chi connectivity index (χ1) is 13.1. The van der Waals surface area contributed by atoms with E-state index in [0.29, 0.717) is 38.7 Å². The first-order valence-electron chi connectivity index (χ1n) is 9.74. The maximum atomic E-state index is 14.3. The van der Waals surface area contributed by atoms with Gasteiger partial charge in [0.1, 0.15) is 25.4 Å². The fourth-order valence-corrected chi connectivity index (χ4v) is 9.56. The number of phenolic OH excluding ortho intramolecular Hbond substituents is 1. The summed E-state index contributed by atoms with van der Waals surface area (Å²) in [7, 11) is -0.451. The number of rotatable bonds is 6. The van der Waals surface area contributed by atoms with Gasteiger partial charge in [0.2, 0.25) is 0 Å². The fourth-order valence-electron chi connectivity index (χ4n) is 4.35. The van der Waals surface area contributed by atoms with Crippen molar-refractivity contribution in [2.75, 3.05) is 13.9 Å². The lowest BCUT2D eigenvalue weighted by atomic mass is 10.0. The first-order valence-corrected chi connectivity index (χ1v) is 12.0. The molecule has 0 aliphatic carbocycles. The third kappa shape index (κ3) is 4.34. The van der Waals surface area contributed by atoms with E-state index >= 15 is 0 Å². The molecule has 28 heavy (non-hydrogen) atoms. The molecular formula is C23H31FO3Si. The van der Waals surface area contributed by atoms with Crippen LogP contribution in [0.25, 0.3) is 10.8 Å². The van der Waals surface area contributed by atoms with E-state index < -0.39 is 8.07 Å². The Morgan fingerprint density at radius 3 is 2.14 bits per heavy atom. The number of aromatic hydroxyl groups is 1. The maximum absolute atomic E-state index is 14.3. The van der Waals surface area contributed by atoms with Crippen molar-refractivity contribution in [3.8, 4) is 23.0 Å². The normalized spacial score (nSPS) is 12.0. The van der Waals surface area contributed by atoms with Crippen molar-refractivity contribution in [1.82, 2.24) is 0 Å². The lowest BCUT2D eigenvalue weighted by Gasteiger charge is -2.38. The third-order valence-corrected chi connectivity index (χ3v) is 11.9. The molecule has 0 aromatic heterocycles. The van der Waals surface area contributed by atoms with Crippen LogP contribution in [0, 0.1) is 17.3 Å². The number of hydrogen-bond donors (Lipinski definition) is 1. The minimum absolute atomic E-state index is 0.0267. The Morgan fingerprint density at radius 1 is 1.00 bits per heavy atom. The van der Waals surface area contributed by atoms with Crippen LogP contribution in [-0.2, 0) is 4.74 Å². The highest BCUT2D eigenvalue weighted by Gasteiger charge is 2.41. The molecule has 0 unspecified atom stereocenters. The molecule has 0 amide bonds. The number of benzene rings is 2. The number of phenols is 1. The number of hydrogen-bond acceptors (Lipinski definition) is 3. The van der Waals surface area contributed by atoms with Crippen LogP contribution in [0.3, 0.4) is 0 Å². The molecule has 0 fully saturated rings. The van der Waals surface area contributed by atoms with E-state index in [1.54, 1.807) is 6.07 Å². The predicted molar refractivity (Wildman–Crippen MR) is 116 cm³/mol. The van der Waals surface area contributed by atoms with E-state index in [2.05, 4.69) is 53.0 Å². The standard InChI is InChI=1S/C23H31FO3Si/c1-15(2)28(16(3)4,17(5)6)9-8-18-10-20(24)11-19-12-21(27-14-26-7)13-22(25)23(18)19/h10-13,15-17,25H,14H2,1-7H3. The zero-order valence-electron chi connectivity index (χ0n) is 17.9. The van der Waals surface area contributed by atoms with Crippen LogP contribution in [0.2, 0.25) is 16.6 Å². The Bertz CT molecular complexity index is 872. The van der Waals surface area contributed by atoms with Gasteiger partial charge in [0.15, 0.2) is 6.79 Å². The smallest absolute Gasteiger partial charge is 0.188 e. The van der Waals surface area contributed by atoms with Crippen LogP contribution in [0.15, 0.2) is 24.3 Å². The largest absolute Gasteiger partial charge is 0.507 e. The minimum Gasteiger partial charge on any atom is -0.507 e. The van der Waals surface area contributed by atoms with Crippen LogP contribution in [-0.4, -0.2) is 27.1 Å². The molecular weight excluding hydrogens is 371 g/mol. The summed E-state index contributed by atoms with van der Waals surface area (Å²) >= 11 is 0. The van der Waals surface area contributed by atoms with Gasteiger partial charge < -0.3 is 14.6 Å². The Morgan fingerprint density at radius 2 is 1.61 bits per heavy atom. The van der Waals surface area contributed by atoms with Crippen LogP contribution in [0.5, 0.6) is 11.5 Å². The van der Waals surface area contributed by atoms with E-state index in [0.717, 1.165) is 0 Å². The quantitative estimate of drug-likeness (QED) is 0.353. The van der Waals surface area contributed by atoms with Crippen molar-refractivity contribution < 1.29 is 19.0 Å². The Kier molecular flexibility index (Phi) is 7.14. The van der Waals surface area contributed by atoms with E-state index in [-0.39, 0.29) is 18.4 Å². The van der Waals surface area contributed by atoms with E-state index in [4.69, 9.17) is 9.47 Å². The van der Waals surface area contributed by atoms with Crippen molar-refractivity contribution >= 4 is 18.8 Å². The number of halogens is 1. The highest BCUT2D eigenvalue weighted by molar-refractivity contribution is 6.90. The second kappa shape index (κ2) is 8.98. The molecule has 0 heterocycles. The molecule has 1 N–H and O–H groups in total. The monoisotopic (exact) mass is 402 g/mol. The molecule has 0 saturated carbocycles. The fraction of sp³-hybridized carbons (Fsp3) is 0.478. The van der Waals surface area contributed by atoms with Gasteiger partial charge >= 0.3 is 0 Å². The van der Waals surface area contributed by atoms with Gasteiger partial charge in [-0.2, -0.15) is 0 Å². The molecule has 0 aliphatic heterocycles. The van der Waals surface area contributed by atoms with Crippen LogP contribution in [0.1, 0.15) is 47.1 Å². The predicted octanol–water partition coefficient (Wildman–Crippen LogP) is 6.24. The minimum atomic E-state index is -1.97. The lowest BCUT2D eigenvalue weighted by molar-refractivity contribution is 0.0511. The summed E-state index contributed by atoms with van der Waals surface area (Å²) in [5, 5.41) is 11.7. The zero-order chi connectivity index (χ0) is 21.1. The van der Waals surface area contributed by atoms with Gasteiger partial charge in [-0.3, -0.25) is 0 Å². The van der Waals surface area contributed by atoms with Crippen LogP contribution >= 0.6 is 0 Å². The molecule has 2 rings (SSSR count). The van der Waals surface area contributed by atoms with E-state index in [9.17, 15) is 9.50 Å². The van der Waals surface area contributed by atoms with Gasteiger partial charge in [0.05, 0.1) is 0 Å². The Balaban J connectivity index is 2.67. The molecule has 0 saturated heterocycles. The molecule has 2 aromatic rings. The van der Waals surface area contributed by atoms with Crippen molar-refractivity contribution in [3.05, 3.63) is 35.6 Å². The zero-order valence-corrected chi connectivity index (χ0v) is 18.9. The summed E-state index contributed by atoms with van der Waals surface area (Å²) in [5.41, 5.74) is 5.54. The highest BCUT2D eigenvalue weighted by atomic mass is 28.3. The summed E-state index contributed by atoms with van der Waals surface area (Å²) in [6, 6.07) is 6.01. The first kappa shape index (κ1) is 22.3. The van der Waals surface area contributed by atoms with Gasteiger partial charge in [-0.05, 0) is 40.2 Å². The molecule has 3 nitrogen and oxygen atoms in total. The number of methoxy groups -OCH3 is 1. The molecule has 0 bridgehead atoms. The van der Waals surface area contributed by atoms with Gasteiger partial charge in [-0.25, -0.2) is 4.39 Å². The Labute approximate surface area is 168 Å². The highest BCUT2D eigenvalue weighted by Crippen LogP contribution is 2.41. The van der Waals surface area contributed by atoms with Crippen molar-refractivity contribution in [2.24, 2.45) is 0 Å². The van der Waals surface area contributed by atoms with E-state index in [1.807, 2.05) is 0 Å². The summed E-state index contributed by atoms with van der Waals surface area (Å²) in [6.45, 7) is 13.5. The van der Waals surface area contributed by atoms with Gasteiger partial charge in [-0.15, -0.1) is 5.54 Å². The summed E-state index contributed by atoms with van der Waals surface area (Å²) in [6.07, 6.45) is 0. The maximum Gasteiger partial charge on any atom is 0.188 e. The summed E-state index contributed by atoms with van der Waals surface area (Å²) in [4.78, 5) is 0. The molecule has 0 atom stereocenters. The topological polar surface area (TPSA) is 38.7 Å². The van der Waals surface area contributed by atoms with Gasteiger partial charge in [-0.1, -0.05) is 47.5 Å². The van der Waals surface area contributed by atoms with Gasteiger partial charge in [0, 0.05) is 24.1 Å². The van der Waals surface area contributed by atoms with Crippen molar-refractivity contribution in [2.45, 2.75) is 58.2 Å². The number of fused-ring (bicyclic) bond motifs is 1. The van der Waals surface area contributed by atoms with Gasteiger partial charge in [0.25, 0.3) is 0 Å². The molecule has 5 heteroatoms.